The molecule has 0 amide bonds. The van der Waals surface area contributed by atoms with E-state index in [2.05, 4.69) is 64.3 Å². The van der Waals surface area contributed by atoms with E-state index in [9.17, 15) is 0 Å². The minimum atomic E-state index is 0.563. The predicted molar refractivity (Wildman–Crippen MR) is 92.8 cm³/mol. The average Bonchev–Trinajstić information content (AvgIpc) is 2.45. The third-order valence-electron chi connectivity index (χ3n) is 5.43. The Labute approximate surface area is 131 Å². The maximum absolute atomic E-state index is 3.58. The smallest absolute Gasteiger partial charge is 0.0133 e. The van der Waals surface area contributed by atoms with Crippen LogP contribution >= 0.6 is 0 Å². The Morgan fingerprint density at radius 3 is 2.14 bits per heavy atom. The standard InChI is InChI=1S/C20H33N/c1-15(2)17-8-6-16(7-9-17)14-19(21-5)18-10-12-20(3,4)13-11-18/h6-9,15,18-19,21H,10-14H2,1-5H3. The summed E-state index contributed by atoms with van der Waals surface area (Å²) in [5, 5.41) is 3.58. The van der Waals surface area contributed by atoms with E-state index in [1.807, 2.05) is 0 Å². The minimum Gasteiger partial charge on any atom is -0.316 e. The summed E-state index contributed by atoms with van der Waals surface area (Å²) >= 11 is 0. The molecule has 1 aromatic rings. The van der Waals surface area contributed by atoms with Crippen molar-refractivity contribution in [3.63, 3.8) is 0 Å². The summed E-state index contributed by atoms with van der Waals surface area (Å²) in [5.41, 5.74) is 3.48. The number of hydrogen-bond acceptors (Lipinski definition) is 1. The molecule has 0 saturated heterocycles. The van der Waals surface area contributed by atoms with E-state index in [0.29, 0.717) is 17.4 Å². The largest absolute Gasteiger partial charge is 0.316 e. The SMILES string of the molecule is CNC(Cc1ccc(C(C)C)cc1)C1CCC(C)(C)CC1. The molecule has 0 bridgehead atoms. The minimum absolute atomic E-state index is 0.563. The van der Waals surface area contributed by atoms with Crippen molar-refractivity contribution in [1.82, 2.24) is 5.32 Å². The molecule has 1 fully saturated rings. The van der Waals surface area contributed by atoms with Gasteiger partial charge >= 0.3 is 0 Å². The molecular formula is C20H33N. The quantitative estimate of drug-likeness (QED) is 0.789. The number of nitrogens with one attached hydrogen (secondary N) is 1. The van der Waals surface area contributed by atoms with E-state index < -0.39 is 0 Å². The van der Waals surface area contributed by atoms with Gasteiger partial charge in [-0.3, -0.25) is 0 Å². The Hall–Kier alpha value is -0.820. The molecule has 118 valence electrons. The molecular weight excluding hydrogens is 254 g/mol. The molecule has 1 heteroatoms. The van der Waals surface area contributed by atoms with Gasteiger partial charge in [0.25, 0.3) is 0 Å². The van der Waals surface area contributed by atoms with Gasteiger partial charge in [0.2, 0.25) is 0 Å². The number of likely N-dealkylation sites (N-methyl/N-ethyl adjacent to an activating group) is 1. The second-order valence-corrected chi connectivity index (χ2v) is 8.00. The van der Waals surface area contributed by atoms with E-state index in [-0.39, 0.29) is 0 Å². The summed E-state index contributed by atoms with van der Waals surface area (Å²) < 4.78 is 0. The van der Waals surface area contributed by atoms with E-state index >= 15 is 0 Å². The van der Waals surface area contributed by atoms with Crippen molar-refractivity contribution in [2.75, 3.05) is 7.05 Å². The van der Waals surface area contributed by atoms with Crippen LogP contribution in [0.3, 0.4) is 0 Å². The molecule has 2 rings (SSSR count). The second-order valence-electron chi connectivity index (χ2n) is 8.00. The highest BCUT2D eigenvalue weighted by atomic mass is 14.9. The number of benzene rings is 1. The first-order chi connectivity index (χ1) is 9.91. The highest BCUT2D eigenvalue weighted by Gasteiger charge is 2.30. The molecule has 1 saturated carbocycles. The van der Waals surface area contributed by atoms with Crippen LogP contribution in [0, 0.1) is 11.3 Å². The van der Waals surface area contributed by atoms with E-state index in [1.165, 1.54) is 43.2 Å². The molecule has 21 heavy (non-hydrogen) atoms. The summed E-state index contributed by atoms with van der Waals surface area (Å²) in [6, 6.07) is 9.89. The molecule has 1 aliphatic rings. The topological polar surface area (TPSA) is 12.0 Å². The van der Waals surface area contributed by atoms with Gasteiger partial charge in [-0.15, -0.1) is 0 Å². The lowest BCUT2D eigenvalue weighted by Gasteiger charge is -2.38. The Morgan fingerprint density at radius 2 is 1.67 bits per heavy atom. The Morgan fingerprint density at radius 1 is 1.10 bits per heavy atom. The maximum Gasteiger partial charge on any atom is 0.0133 e. The van der Waals surface area contributed by atoms with Crippen molar-refractivity contribution >= 4 is 0 Å². The molecule has 0 aromatic heterocycles. The molecule has 1 atom stereocenters. The van der Waals surface area contributed by atoms with Crippen LogP contribution in [0.25, 0.3) is 0 Å². The fraction of sp³-hybridized carbons (Fsp3) is 0.700. The van der Waals surface area contributed by atoms with Gasteiger partial charge in [-0.05, 0) is 67.5 Å². The Kier molecular flexibility index (Phi) is 5.48. The molecule has 0 radical (unpaired) electrons. The first-order valence-corrected chi connectivity index (χ1v) is 8.67. The van der Waals surface area contributed by atoms with Crippen molar-refractivity contribution in [3.05, 3.63) is 35.4 Å². The number of rotatable bonds is 5. The first-order valence-electron chi connectivity index (χ1n) is 8.67. The van der Waals surface area contributed by atoms with Crippen LogP contribution in [0.1, 0.15) is 70.4 Å². The summed E-state index contributed by atoms with van der Waals surface area (Å²) in [7, 11) is 2.13. The first kappa shape index (κ1) is 16.5. The molecule has 1 N–H and O–H groups in total. The van der Waals surface area contributed by atoms with Gasteiger partial charge in [-0.25, -0.2) is 0 Å². The fourth-order valence-electron chi connectivity index (χ4n) is 3.62. The van der Waals surface area contributed by atoms with Gasteiger partial charge in [-0.2, -0.15) is 0 Å². The summed E-state index contributed by atoms with van der Waals surface area (Å²) in [5.74, 6) is 1.47. The zero-order valence-electron chi connectivity index (χ0n) is 14.6. The van der Waals surface area contributed by atoms with Crippen LogP contribution in [0.15, 0.2) is 24.3 Å². The van der Waals surface area contributed by atoms with Crippen LogP contribution in [0.5, 0.6) is 0 Å². The monoisotopic (exact) mass is 287 g/mol. The molecule has 1 aliphatic carbocycles. The van der Waals surface area contributed by atoms with E-state index in [0.717, 1.165) is 5.92 Å². The summed E-state index contributed by atoms with van der Waals surface area (Å²) in [6.07, 6.45) is 6.68. The zero-order valence-corrected chi connectivity index (χ0v) is 14.6. The highest BCUT2D eigenvalue weighted by Crippen LogP contribution is 2.39. The maximum atomic E-state index is 3.58. The third-order valence-corrected chi connectivity index (χ3v) is 5.43. The highest BCUT2D eigenvalue weighted by molar-refractivity contribution is 5.25. The van der Waals surface area contributed by atoms with Crippen molar-refractivity contribution in [3.8, 4) is 0 Å². The zero-order chi connectivity index (χ0) is 15.5. The van der Waals surface area contributed by atoms with Crippen molar-refractivity contribution < 1.29 is 0 Å². The number of hydrogen-bond donors (Lipinski definition) is 1. The van der Waals surface area contributed by atoms with Crippen molar-refractivity contribution in [2.24, 2.45) is 11.3 Å². The van der Waals surface area contributed by atoms with Gasteiger partial charge in [0.05, 0.1) is 0 Å². The van der Waals surface area contributed by atoms with Gasteiger partial charge in [0.15, 0.2) is 0 Å². The fourth-order valence-corrected chi connectivity index (χ4v) is 3.62. The van der Waals surface area contributed by atoms with Crippen molar-refractivity contribution in [1.29, 1.82) is 0 Å². The molecule has 1 nitrogen and oxygen atoms in total. The van der Waals surface area contributed by atoms with Gasteiger partial charge in [0, 0.05) is 6.04 Å². The van der Waals surface area contributed by atoms with Gasteiger partial charge in [0.1, 0.15) is 0 Å². The lowest BCUT2D eigenvalue weighted by Crippen LogP contribution is -2.38. The van der Waals surface area contributed by atoms with Crippen molar-refractivity contribution in [2.45, 2.75) is 71.8 Å². The lowest BCUT2D eigenvalue weighted by atomic mass is 9.70. The van der Waals surface area contributed by atoms with E-state index in [4.69, 9.17) is 0 Å². The normalized spacial score (nSPS) is 20.7. The van der Waals surface area contributed by atoms with Crippen LogP contribution in [0.4, 0.5) is 0 Å². The molecule has 1 aromatic carbocycles. The summed E-state index contributed by atoms with van der Waals surface area (Å²) in [4.78, 5) is 0. The molecule has 0 heterocycles. The lowest BCUT2D eigenvalue weighted by molar-refractivity contribution is 0.163. The molecule has 1 unspecified atom stereocenters. The van der Waals surface area contributed by atoms with E-state index in [1.54, 1.807) is 0 Å². The van der Waals surface area contributed by atoms with Crippen LogP contribution in [-0.4, -0.2) is 13.1 Å². The van der Waals surface area contributed by atoms with Crippen LogP contribution in [0.2, 0.25) is 0 Å². The van der Waals surface area contributed by atoms with Crippen LogP contribution in [-0.2, 0) is 6.42 Å². The molecule has 0 spiro atoms. The molecule has 0 aliphatic heterocycles. The second kappa shape index (κ2) is 6.96. The average molecular weight is 287 g/mol. The predicted octanol–water partition coefficient (Wildman–Crippen LogP) is 5.16. The summed E-state index contributed by atoms with van der Waals surface area (Å²) in [6.45, 7) is 9.36. The Bertz CT molecular complexity index is 420. The van der Waals surface area contributed by atoms with Gasteiger partial charge in [-0.1, -0.05) is 52.0 Å². The Balaban J connectivity index is 1.96. The third kappa shape index (κ3) is 4.57. The van der Waals surface area contributed by atoms with Gasteiger partial charge < -0.3 is 5.32 Å². The van der Waals surface area contributed by atoms with Crippen LogP contribution < -0.4 is 5.32 Å².